The van der Waals surface area contributed by atoms with Gasteiger partial charge >= 0.3 is 0 Å². The van der Waals surface area contributed by atoms with Crippen molar-refractivity contribution < 1.29 is 8.42 Å². The van der Waals surface area contributed by atoms with Crippen molar-refractivity contribution in [3.8, 4) is 0 Å². The Morgan fingerprint density at radius 2 is 2.25 bits per heavy atom. The molecule has 3 rings (SSSR count). The minimum atomic E-state index is -3.26. The lowest BCUT2D eigenvalue weighted by Crippen LogP contribution is -2.37. The molecular formula is C14H22N2O2S2. The van der Waals surface area contributed by atoms with Crippen LogP contribution in [0.3, 0.4) is 0 Å². The van der Waals surface area contributed by atoms with Gasteiger partial charge in [0.05, 0.1) is 0 Å². The number of thiophene rings is 1. The van der Waals surface area contributed by atoms with E-state index < -0.39 is 10.0 Å². The SMILES string of the molecule is CC(C)NCc1csc(S(=O)(=O)N2CC3CCC2C3)c1. The van der Waals surface area contributed by atoms with Crippen LogP contribution in [0.1, 0.15) is 38.7 Å². The van der Waals surface area contributed by atoms with Crippen molar-refractivity contribution in [1.82, 2.24) is 9.62 Å². The molecule has 1 saturated carbocycles. The van der Waals surface area contributed by atoms with E-state index >= 15 is 0 Å². The zero-order valence-corrected chi connectivity index (χ0v) is 13.6. The number of rotatable bonds is 5. The van der Waals surface area contributed by atoms with Crippen molar-refractivity contribution in [2.45, 2.75) is 55.9 Å². The van der Waals surface area contributed by atoms with E-state index in [4.69, 9.17) is 0 Å². The molecule has 112 valence electrons. The Bertz CT molecular complexity index is 580. The molecule has 1 aliphatic carbocycles. The van der Waals surface area contributed by atoms with Crippen LogP contribution in [0.4, 0.5) is 0 Å². The maximum absolute atomic E-state index is 12.7. The third kappa shape index (κ3) is 2.66. The third-order valence-electron chi connectivity index (χ3n) is 4.27. The van der Waals surface area contributed by atoms with E-state index in [1.54, 1.807) is 4.31 Å². The van der Waals surface area contributed by atoms with E-state index in [9.17, 15) is 8.42 Å². The van der Waals surface area contributed by atoms with Crippen LogP contribution in [-0.4, -0.2) is 31.4 Å². The molecule has 2 fully saturated rings. The first-order chi connectivity index (χ1) is 9.46. The molecule has 20 heavy (non-hydrogen) atoms. The molecule has 6 heteroatoms. The first kappa shape index (κ1) is 14.5. The average molecular weight is 314 g/mol. The van der Waals surface area contributed by atoms with Crippen molar-refractivity contribution in [2.75, 3.05) is 6.54 Å². The van der Waals surface area contributed by atoms with Crippen LogP contribution >= 0.6 is 11.3 Å². The summed E-state index contributed by atoms with van der Waals surface area (Å²) in [5.41, 5.74) is 1.06. The molecule has 1 N–H and O–H groups in total. The molecule has 2 heterocycles. The summed E-state index contributed by atoms with van der Waals surface area (Å²) < 4.78 is 27.6. The van der Waals surface area contributed by atoms with Gasteiger partial charge in [-0.2, -0.15) is 4.31 Å². The molecule has 2 atom stereocenters. The fourth-order valence-electron chi connectivity index (χ4n) is 3.19. The third-order valence-corrected chi connectivity index (χ3v) is 7.65. The summed E-state index contributed by atoms with van der Waals surface area (Å²) in [7, 11) is -3.26. The lowest BCUT2D eigenvalue weighted by molar-refractivity contribution is 0.334. The van der Waals surface area contributed by atoms with Crippen LogP contribution in [0, 0.1) is 5.92 Å². The summed E-state index contributed by atoms with van der Waals surface area (Å²) in [4.78, 5) is 0. The van der Waals surface area contributed by atoms with E-state index in [0.29, 0.717) is 16.2 Å². The van der Waals surface area contributed by atoms with Gasteiger partial charge in [0, 0.05) is 25.2 Å². The van der Waals surface area contributed by atoms with Crippen LogP contribution in [-0.2, 0) is 16.6 Å². The Balaban J connectivity index is 1.75. The van der Waals surface area contributed by atoms with Gasteiger partial charge in [0.15, 0.2) is 0 Å². The molecule has 2 aliphatic rings. The zero-order valence-electron chi connectivity index (χ0n) is 12.0. The Morgan fingerprint density at radius 1 is 1.45 bits per heavy atom. The average Bonchev–Trinajstić information content (AvgIpc) is 3.12. The summed E-state index contributed by atoms with van der Waals surface area (Å²) in [6.07, 6.45) is 3.30. The van der Waals surface area contributed by atoms with E-state index in [2.05, 4.69) is 19.2 Å². The highest BCUT2D eigenvalue weighted by Gasteiger charge is 2.44. The number of fused-ring (bicyclic) bond motifs is 2. The number of sulfonamides is 1. The summed E-state index contributed by atoms with van der Waals surface area (Å²) in [5, 5.41) is 5.28. The topological polar surface area (TPSA) is 49.4 Å². The number of nitrogens with zero attached hydrogens (tertiary/aromatic N) is 1. The van der Waals surface area contributed by atoms with Gasteiger partial charge in [-0.25, -0.2) is 8.42 Å². The minimum Gasteiger partial charge on any atom is -0.310 e. The van der Waals surface area contributed by atoms with Gasteiger partial charge in [-0.3, -0.25) is 0 Å². The van der Waals surface area contributed by atoms with Gasteiger partial charge in [-0.1, -0.05) is 13.8 Å². The molecule has 4 nitrogen and oxygen atoms in total. The molecular weight excluding hydrogens is 292 g/mol. The smallest absolute Gasteiger partial charge is 0.252 e. The van der Waals surface area contributed by atoms with Gasteiger partial charge in [-0.15, -0.1) is 11.3 Å². The van der Waals surface area contributed by atoms with Gasteiger partial charge < -0.3 is 5.32 Å². The van der Waals surface area contributed by atoms with Crippen LogP contribution < -0.4 is 5.32 Å². The Kier molecular flexibility index (Phi) is 3.92. The predicted octanol–water partition coefficient (Wildman–Crippen LogP) is 2.42. The molecule has 1 aromatic heterocycles. The minimum absolute atomic E-state index is 0.254. The monoisotopic (exact) mass is 314 g/mol. The van der Waals surface area contributed by atoms with E-state index in [1.807, 2.05) is 11.4 Å². The number of hydrogen-bond donors (Lipinski definition) is 1. The largest absolute Gasteiger partial charge is 0.310 e. The maximum atomic E-state index is 12.7. The highest BCUT2D eigenvalue weighted by atomic mass is 32.2. The molecule has 2 unspecified atom stereocenters. The normalized spacial score (nSPS) is 26.8. The molecule has 0 amide bonds. The zero-order chi connectivity index (χ0) is 14.3. The quantitative estimate of drug-likeness (QED) is 0.908. The summed E-state index contributed by atoms with van der Waals surface area (Å²) >= 11 is 1.35. The fourth-order valence-corrected chi connectivity index (χ4v) is 6.27. The van der Waals surface area contributed by atoms with E-state index in [0.717, 1.165) is 31.5 Å². The number of piperidine rings is 1. The number of hydrogen-bond acceptors (Lipinski definition) is 4. The molecule has 1 aromatic rings. The predicted molar refractivity (Wildman–Crippen MR) is 81.3 cm³/mol. The Hall–Kier alpha value is -0.430. The van der Waals surface area contributed by atoms with Crippen molar-refractivity contribution in [2.24, 2.45) is 5.92 Å². The van der Waals surface area contributed by atoms with Gasteiger partial charge in [0.1, 0.15) is 4.21 Å². The van der Waals surface area contributed by atoms with Crippen LogP contribution in [0.5, 0.6) is 0 Å². The van der Waals surface area contributed by atoms with Crippen LogP contribution in [0.25, 0.3) is 0 Å². The second kappa shape index (κ2) is 5.40. The first-order valence-corrected chi connectivity index (χ1v) is 9.61. The highest BCUT2D eigenvalue weighted by molar-refractivity contribution is 7.91. The lowest BCUT2D eigenvalue weighted by atomic mass is 10.1. The molecule has 0 radical (unpaired) electrons. The van der Waals surface area contributed by atoms with Crippen molar-refractivity contribution in [1.29, 1.82) is 0 Å². The standard InChI is InChI=1S/C14H22N2O2S2/c1-10(2)15-7-12-6-14(19-9-12)20(17,18)16-8-11-3-4-13(16)5-11/h6,9-11,13,15H,3-5,7-8H2,1-2H3. The van der Waals surface area contributed by atoms with E-state index in [1.165, 1.54) is 17.8 Å². The van der Waals surface area contributed by atoms with E-state index in [-0.39, 0.29) is 6.04 Å². The number of nitrogens with one attached hydrogen (secondary N) is 1. The maximum Gasteiger partial charge on any atom is 0.252 e. The lowest BCUT2D eigenvalue weighted by Gasteiger charge is -2.25. The molecule has 2 bridgehead atoms. The fraction of sp³-hybridized carbons (Fsp3) is 0.714. The highest BCUT2D eigenvalue weighted by Crippen LogP contribution is 2.41. The molecule has 1 aliphatic heterocycles. The van der Waals surface area contributed by atoms with Gasteiger partial charge in [0.2, 0.25) is 0 Å². The molecule has 1 saturated heterocycles. The molecule has 0 aromatic carbocycles. The summed E-state index contributed by atoms with van der Waals surface area (Å²) in [6, 6.07) is 2.50. The summed E-state index contributed by atoms with van der Waals surface area (Å²) in [6.45, 7) is 5.64. The first-order valence-electron chi connectivity index (χ1n) is 7.29. The summed E-state index contributed by atoms with van der Waals surface area (Å²) in [5.74, 6) is 0.594. The second-order valence-corrected chi connectivity index (χ2v) is 9.25. The van der Waals surface area contributed by atoms with Crippen molar-refractivity contribution in [3.05, 3.63) is 17.0 Å². The molecule has 0 spiro atoms. The van der Waals surface area contributed by atoms with Crippen molar-refractivity contribution in [3.63, 3.8) is 0 Å². The Morgan fingerprint density at radius 3 is 2.85 bits per heavy atom. The second-order valence-electron chi connectivity index (χ2n) is 6.22. The van der Waals surface area contributed by atoms with Gasteiger partial charge in [0.25, 0.3) is 10.0 Å². The van der Waals surface area contributed by atoms with Crippen LogP contribution in [0.2, 0.25) is 0 Å². The Labute approximate surface area is 125 Å². The van der Waals surface area contributed by atoms with Crippen LogP contribution in [0.15, 0.2) is 15.7 Å². The van der Waals surface area contributed by atoms with Crippen molar-refractivity contribution >= 4 is 21.4 Å². The van der Waals surface area contributed by atoms with Gasteiger partial charge in [-0.05, 0) is 42.2 Å².